The predicted molar refractivity (Wildman–Crippen MR) is 98.1 cm³/mol. The molecule has 1 aliphatic carbocycles. The van der Waals surface area contributed by atoms with Gasteiger partial charge in [-0.15, -0.1) is 0 Å². The monoisotopic (exact) mass is 344 g/mol. The van der Waals surface area contributed by atoms with Gasteiger partial charge in [-0.05, 0) is 38.5 Å². The molecule has 0 aromatic heterocycles. The Balaban J connectivity index is 2.29. The fourth-order valence-corrected chi connectivity index (χ4v) is 3.60. The second-order valence-electron chi connectivity index (χ2n) is 8.46. The third kappa shape index (κ3) is 7.38. The van der Waals surface area contributed by atoms with Gasteiger partial charge >= 0.3 is 0 Å². The first-order valence-corrected chi connectivity index (χ1v) is 9.85. The van der Waals surface area contributed by atoms with Crippen LogP contribution in [0.2, 0.25) is 0 Å². The van der Waals surface area contributed by atoms with Gasteiger partial charge in [0.2, 0.25) is 0 Å². The number of ether oxygens (including phenoxy) is 2. The Hall–Kier alpha value is -0.160. The van der Waals surface area contributed by atoms with E-state index in [9.17, 15) is 10.2 Å². The van der Waals surface area contributed by atoms with Gasteiger partial charge in [0.25, 0.3) is 0 Å². The first-order chi connectivity index (χ1) is 11.4. The van der Waals surface area contributed by atoms with Crippen molar-refractivity contribution in [2.75, 3.05) is 26.4 Å². The zero-order valence-electron chi connectivity index (χ0n) is 16.4. The minimum atomic E-state index is -0.106. The van der Waals surface area contributed by atoms with Crippen LogP contribution >= 0.6 is 0 Å². The molecule has 144 valence electrons. The molecular weight excluding hydrogens is 304 g/mol. The molecule has 0 radical (unpaired) electrons. The first kappa shape index (κ1) is 21.9. The minimum absolute atomic E-state index is 0.106. The lowest BCUT2D eigenvalue weighted by molar-refractivity contribution is -0.0815. The molecule has 0 aromatic carbocycles. The molecule has 2 N–H and O–H groups in total. The number of hydrogen-bond acceptors (Lipinski definition) is 4. The third-order valence-corrected chi connectivity index (χ3v) is 5.43. The zero-order chi connectivity index (χ0) is 18.1. The van der Waals surface area contributed by atoms with E-state index in [1.807, 2.05) is 0 Å². The lowest BCUT2D eigenvalue weighted by atomic mass is 9.86. The van der Waals surface area contributed by atoms with Crippen molar-refractivity contribution in [2.45, 2.75) is 91.3 Å². The Morgan fingerprint density at radius 3 is 1.33 bits per heavy atom. The summed E-state index contributed by atoms with van der Waals surface area (Å²) in [6, 6.07) is 0. The number of aliphatic hydroxyl groups excluding tert-OH is 2. The maximum absolute atomic E-state index is 9.58. The van der Waals surface area contributed by atoms with Crippen molar-refractivity contribution in [1.82, 2.24) is 0 Å². The van der Waals surface area contributed by atoms with Crippen molar-refractivity contribution < 1.29 is 19.7 Å². The molecule has 2 unspecified atom stereocenters. The van der Waals surface area contributed by atoms with Gasteiger partial charge in [-0.1, -0.05) is 40.5 Å². The van der Waals surface area contributed by atoms with Crippen LogP contribution < -0.4 is 0 Å². The van der Waals surface area contributed by atoms with E-state index in [2.05, 4.69) is 27.7 Å². The van der Waals surface area contributed by atoms with E-state index in [4.69, 9.17) is 9.47 Å². The second-order valence-corrected chi connectivity index (χ2v) is 8.46. The molecule has 0 saturated heterocycles. The summed E-state index contributed by atoms with van der Waals surface area (Å²) in [4.78, 5) is 0. The van der Waals surface area contributed by atoms with Gasteiger partial charge in [0.1, 0.15) is 0 Å². The van der Waals surface area contributed by atoms with Crippen molar-refractivity contribution in [1.29, 1.82) is 0 Å². The number of hydrogen-bond donors (Lipinski definition) is 2. The molecule has 1 aliphatic rings. The van der Waals surface area contributed by atoms with Crippen molar-refractivity contribution in [3.63, 3.8) is 0 Å². The molecule has 1 rings (SSSR count). The summed E-state index contributed by atoms with van der Waals surface area (Å²) in [6.45, 7) is 10.2. The standard InChI is InChI=1S/C20H40O4/c1-5-11-19(3,13-21)15-23-17-7-9-18(10-8-17)24-16-20(4,14-22)12-6-2/h17-18,21-22H,5-16H2,1-4H3. The van der Waals surface area contributed by atoms with Crippen LogP contribution in [-0.4, -0.2) is 48.8 Å². The molecule has 1 saturated carbocycles. The summed E-state index contributed by atoms with van der Waals surface area (Å²) < 4.78 is 12.2. The highest BCUT2D eigenvalue weighted by molar-refractivity contribution is 4.78. The predicted octanol–water partition coefficient (Wildman–Crippen LogP) is 3.93. The molecule has 4 heteroatoms. The molecule has 1 fully saturated rings. The van der Waals surface area contributed by atoms with Crippen LogP contribution in [0, 0.1) is 10.8 Å². The van der Waals surface area contributed by atoms with Gasteiger partial charge in [0, 0.05) is 10.8 Å². The van der Waals surface area contributed by atoms with Gasteiger partial charge in [-0.25, -0.2) is 0 Å². The van der Waals surface area contributed by atoms with E-state index >= 15 is 0 Å². The Morgan fingerprint density at radius 2 is 1.08 bits per heavy atom. The summed E-state index contributed by atoms with van der Waals surface area (Å²) in [5.74, 6) is 0. The zero-order valence-corrected chi connectivity index (χ0v) is 16.4. The van der Waals surface area contributed by atoms with Crippen LogP contribution in [0.25, 0.3) is 0 Å². The average molecular weight is 345 g/mol. The number of rotatable bonds is 12. The quantitative estimate of drug-likeness (QED) is 0.563. The first-order valence-electron chi connectivity index (χ1n) is 9.85. The van der Waals surface area contributed by atoms with Crippen LogP contribution in [-0.2, 0) is 9.47 Å². The molecule has 4 nitrogen and oxygen atoms in total. The average Bonchev–Trinajstić information content (AvgIpc) is 2.60. The summed E-state index contributed by atoms with van der Waals surface area (Å²) >= 11 is 0. The van der Waals surface area contributed by atoms with Gasteiger partial charge in [0.05, 0.1) is 38.6 Å². The highest BCUT2D eigenvalue weighted by Gasteiger charge is 2.29. The molecule has 0 spiro atoms. The van der Waals surface area contributed by atoms with Crippen LogP contribution in [0.3, 0.4) is 0 Å². The van der Waals surface area contributed by atoms with Gasteiger partial charge in [0.15, 0.2) is 0 Å². The Morgan fingerprint density at radius 1 is 0.750 bits per heavy atom. The largest absolute Gasteiger partial charge is 0.396 e. The van der Waals surface area contributed by atoms with E-state index < -0.39 is 0 Å². The van der Waals surface area contributed by atoms with Crippen molar-refractivity contribution in [3.8, 4) is 0 Å². The molecule has 0 amide bonds. The summed E-state index contributed by atoms with van der Waals surface area (Å²) in [7, 11) is 0. The Kier molecular flexibility index (Phi) is 9.80. The van der Waals surface area contributed by atoms with Crippen LogP contribution in [0.1, 0.15) is 79.1 Å². The fourth-order valence-electron chi connectivity index (χ4n) is 3.60. The molecule has 0 aliphatic heterocycles. The smallest absolute Gasteiger partial charge is 0.0577 e. The maximum Gasteiger partial charge on any atom is 0.0577 e. The SMILES string of the molecule is CCCC(C)(CO)COC1CCC(OCC(C)(CO)CCC)CC1. The third-order valence-electron chi connectivity index (χ3n) is 5.43. The van der Waals surface area contributed by atoms with Crippen LogP contribution in [0.4, 0.5) is 0 Å². The van der Waals surface area contributed by atoms with E-state index in [0.29, 0.717) is 25.4 Å². The topological polar surface area (TPSA) is 58.9 Å². The molecule has 0 aromatic rings. The number of aliphatic hydroxyl groups is 2. The van der Waals surface area contributed by atoms with Crippen molar-refractivity contribution >= 4 is 0 Å². The Labute approximate surface area is 148 Å². The molecular formula is C20H40O4. The van der Waals surface area contributed by atoms with Gasteiger partial charge in [-0.2, -0.15) is 0 Å². The van der Waals surface area contributed by atoms with Crippen molar-refractivity contribution in [2.24, 2.45) is 10.8 Å². The van der Waals surface area contributed by atoms with Gasteiger partial charge < -0.3 is 19.7 Å². The molecule has 0 heterocycles. The lowest BCUT2D eigenvalue weighted by Gasteiger charge is -2.34. The van der Waals surface area contributed by atoms with E-state index in [1.165, 1.54) is 0 Å². The summed E-state index contributed by atoms with van der Waals surface area (Å²) in [5.41, 5.74) is -0.212. The van der Waals surface area contributed by atoms with Crippen LogP contribution in [0.15, 0.2) is 0 Å². The highest BCUT2D eigenvalue weighted by Crippen LogP contribution is 2.30. The summed E-state index contributed by atoms with van der Waals surface area (Å²) in [6.07, 6.45) is 8.86. The van der Waals surface area contributed by atoms with E-state index in [-0.39, 0.29) is 24.0 Å². The van der Waals surface area contributed by atoms with Gasteiger partial charge in [-0.3, -0.25) is 0 Å². The van der Waals surface area contributed by atoms with Crippen LogP contribution in [0.5, 0.6) is 0 Å². The second kappa shape index (κ2) is 10.7. The lowest BCUT2D eigenvalue weighted by Crippen LogP contribution is -2.35. The molecule has 2 atom stereocenters. The fraction of sp³-hybridized carbons (Fsp3) is 1.00. The van der Waals surface area contributed by atoms with E-state index in [1.54, 1.807) is 0 Å². The maximum atomic E-state index is 9.58. The molecule has 0 bridgehead atoms. The Bertz CT molecular complexity index is 296. The van der Waals surface area contributed by atoms with E-state index in [0.717, 1.165) is 51.4 Å². The normalized spacial score (nSPS) is 26.8. The summed E-state index contributed by atoms with van der Waals surface area (Å²) in [5, 5.41) is 19.2. The van der Waals surface area contributed by atoms with Crippen molar-refractivity contribution in [3.05, 3.63) is 0 Å². The minimum Gasteiger partial charge on any atom is -0.396 e. The molecule has 24 heavy (non-hydrogen) atoms. The highest BCUT2D eigenvalue weighted by atomic mass is 16.5.